The van der Waals surface area contributed by atoms with Crippen LogP contribution in [0.15, 0.2) is 102 Å². The van der Waals surface area contributed by atoms with Crippen molar-refractivity contribution in [2.75, 3.05) is 16.4 Å². The van der Waals surface area contributed by atoms with Crippen molar-refractivity contribution < 1.29 is 14.4 Å². The monoisotopic (exact) mass is 623 g/mol. The lowest BCUT2D eigenvalue weighted by atomic mass is 10.1. The van der Waals surface area contributed by atoms with Gasteiger partial charge in [0.15, 0.2) is 0 Å². The molecule has 6 nitrogen and oxygen atoms in total. The molecule has 208 valence electrons. The van der Waals surface area contributed by atoms with Gasteiger partial charge in [-0.2, -0.15) is 0 Å². The second-order valence-corrected chi connectivity index (χ2v) is 11.1. The van der Waals surface area contributed by atoms with Crippen LogP contribution in [0.1, 0.15) is 21.5 Å². The van der Waals surface area contributed by atoms with E-state index in [-0.39, 0.29) is 17.4 Å². The van der Waals surface area contributed by atoms with Crippen LogP contribution in [-0.2, 0) is 9.59 Å². The average molecular weight is 625 g/mol. The minimum atomic E-state index is -0.559. The van der Waals surface area contributed by atoms with Gasteiger partial charge in [0.2, 0.25) is 5.91 Å². The lowest BCUT2D eigenvalue weighted by Gasteiger charge is -2.13. The van der Waals surface area contributed by atoms with Crippen LogP contribution in [0.5, 0.6) is 0 Å². The largest absolute Gasteiger partial charge is 0.325 e. The first-order valence-electron chi connectivity index (χ1n) is 12.3. The Balaban J connectivity index is 1.47. The lowest BCUT2D eigenvalue weighted by molar-refractivity contribution is -0.114. The van der Waals surface area contributed by atoms with Gasteiger partial charge in [0.05, 0.1) is 5.75 Å². The van der Waals surface area contributed by atoms with Gasteiger partial charge in [-0.1, -0.05) is 71.2 Å². The van der Waals surface area contributed by atoms with E-state index in [2.05, 4.69) is 16.0 Å². The summed E-state index contributed by atoms with van der Waals surface area (Å²) in [6, 6.07) is 25.8. The van der Waals surface area contributed by atoms with Crippen LogP contribution in [0.3, 0.4) is 0 Å². The van der Waals surface area contributed by atoms with Crippen molar-refractivity contribution in [3.63, 3.8) is 0 Å². The predicted molar refractivity (Wildman–Crippen MR) is 169 cm³/mol. The van der Waals surface area contributed by atoms with Gasteiger partial charge in [0.25, 0.3) is 11.8 Å². The molecule has 0 aliphatic heterocycles. The Morgan fingerprint density at radius 2 is 1.54 bits per heavy atom. The van der Waals surface area contributed by atoms with E-state index in [1.54, 1.807) is 78.9 Å². The quantitative estimate of drug-likeness (QED) is 0.130. The van der Waals surface area contributed by atoms with Gasteiger partial charge in [-0.25, -0.2) is 0 Å². The van der Waals surface area contributed by atoms with Crippen molar-refractivity contribution in [2.45, 2.75) is 11.8 Å². The summed E-state index contributed by atoms with van der Waals surface area (Å²) in [5, 5.41) is 9.65. The maximum Gasteiger partial charge on any atom is 0.272 e. The van der Waals surface area contributed by atoms with Crippen molar-refractivity contribution in [1.82, 2.24) is 5.32 Å². The number of hydrogen-bond donors (Lipinski definition) is 3. The molecule has 0 unspecified atom stereocenters. The maximum absolute atomic E-state index is 13.3. The molecule has 4 aromatic rings. The number of amides is 3. The Hall–Kier alpha value is -3.75. The molecule has 0 bridgehead atoms. The van der Waals surface area contributed by atoms with E-state index in [1.807, 2.05) is 19.1 Å². The third-order valence-electron chi connectivity index (χ3n) is 5.71. The number of aryl methyl sites for hydroxylation is 1. The minimum Gasteiger partial charge on any atom is -0.325 e. The summed E-state index contributed by atoms with van der Waals surface area (Å²) in [5.74, 6) is -1.06. The lowest BCUT2D eigenvalue weighted by Crippen LogP contribution is -2.30. The van der Waals surface area contributed by atoms with E-state index in [0.29, 0.717) is 37.6 Å². The van der Waals surface area contributed by atoms with Crippen molar-refractivity contribution in [1.29, 1.82) is 0 Å². The van der Waals surface area contributed by atoms with Gasteiger partial charge in [-0.05, 0) is 78.7 Å². The third-order valence-corrected chi connectivity index (χ3v) is 7.67. The molecular formula is C31H24Cl3N3O3S. The van der Waals surface area contributed by atoms with Gasteiger partial charge in [-0.15, -0.1) is 11.8 Å². The van der Waals surface area contributed by atoms with Crippen LogP contribution in [0.4, 0.5) is 11.4 Å². The first-order valence-corrected chi connectivity index (χ1v) is 14.4. The van der Waals surface area contributed by atoms with Crippen LogP contribution < -0.4 is 16.0 Å². The number of benzene rings is 4. The Labute approximate surface area is 257 Å². The van der Waals surface area contributed by atoms with Crippen molar-refractivity contribution in [3.05, 3.63) is 128 Å². The second-order valence-electron chi connectivity index (χ2n) is 8.83. The molecule has 41 heavy (non-hydrogen) atoms. The Morgan fingerprint density at radius 1 is 0.780 bits per heavy atom. The summed E-state index contributed by atoms with van der Waals surface area (Å²) in [6.07, 6.45) is 1.48. The van der Waals surface area contributed by atoms with E-state index in [9.17, 15) is 14.4 Å². The molecule has 3 N–H and O–H groups in total. The van der Waals surface area contributed by atoms with E-state index in [0.717, 1.165) is 10.5 Å². The molecule has 0 atom stereocenters. The molecule has 10 heteroatoms. The topological polar surface area (TPSA) is 87.3 Å². The molecule has 3 amide bonds. The van der Waals surface area contributed by atoms with Crippen LogP contribution in [0, 0.1) is 6.92 Å². The summed E-state index contributed by atoms with van der Waals surface area (Å²) in [4.78, 5) is 39.5. The molecule has 0 saturated heterocycles. The normalized spacial score (nSPS) is 11.1. The zero-order chi connectivity index (χ0) is 29.4. The molecule has 0 fully saturated rings. The Morgan fingerprint density at radius 3 is 2.27 bits per heavy atom. The number of hydrogen-bond acceptors (Lipinski definition) is 4. The molecule has 0 heterocycles. The third kappa shape index (κ3) is 8.87. The Bertz CT molecular complexity index is 1630. The van der Waals surface area contributed by atoms with E-state index < -0.39 is 11.8 Å². The van der Waals surface area contributed by atoms with Crippen molar-refractivity contribution in [2.24, 2.45) is 0 Å². The number of nitrogens with one attached hydrogen (secondary N) is 3. The minimum absolute atomic E-state index is 0.0164. The average Bonchev–Trinajstić information content (AvgIpc) is 2.95. The van der Waals surface area contributed by atoms with Gasteiger partial charge < -0.3 is 16.0 Å². The fourth-order valence-electron chi connectivity index (χ4n) is 3.60. The first kappa shape index (κ1) is 30.2. The van der Waals surface area contributed by atoms with Crippen LogP contribution >= 0.6 is 46.6 Å². The molecular weight excluding hydrogens is 601 g/mol. The van der Waals surface area contributed by atoms with Crippen LogP contribution in [0.25, 0.3) is 6.08 Å². The van der Waals surface area contributed by atoms with Crippen LogP contribution in [0.2, 0.25) is 15.1 Å². The summed E-state index contributed by atoms with van der Waals surface area (Å²) in [7, 11) is 0. The summed E-state index contributed by atoms with van der Waals surface area (Å²) in [6.45, 7) is 1.89. The highest BCUT2D eigenvalue weighted by atomic mass is 35.5. The van der Waals surface area contributed by atoms with E-state index in [1.165, 1.54) is 17.8 Å². The van der Waals surface area contributed by atoms with E-state index >= 15 is 0 Å². The fraction of sp³-hybridized carbons (Fsp3) is 0.0645. The van der Waals surface area contributed by atoms with E-state index in [4.69, 9.17) is 34.8 Å². The highest BCUT2D eigenvalue weighted by molar-refractivity contribution is 8.00. The smallest absolute Gasteiger partial charge is 0.272 e. The number of anilines is 2. The summed E-state index contributed by atoms with van der Waals surface area (Å²) in [5.41, 5.74) is 2.89. The molecule has 0 aliphatic carbocycles. The fourth-order valence-corrected chi connectivity index (χ4v) is 4.99. The zero-order valence-corrected chi connectivity index (χ0v) is 24.8. The van der Waals surface area contributed by atoms with Gasteiger partial charge in [0.1, 0.15) is 5.70 Å². The second kappa shape index (κ2) is 14.2. The maximum atomic E-state index is 13.3. The molecule has 0 radical (unpaired) electrons. The first-order chi connectivity index (χ1) is 19.7. The molecule has 0 aromatic heterocycles. The standard InChI is InChI=1S/C31H24Cl3N3O3S/c1-19-10-13-24(17-26(19)33)35-29(38)18-41-25-9-5-8-23(16-25)36-31(40)28(14-21-11-12-22(32)15-27(21)34)37-30(39)20-6-3-2-4-7-20/h2-17H,18H2,1H3,(H,35,38)(H,36,40)(H,37,39)/b28-14+. The highest BCUT2D eigenvalue weighted by Crippen LogP contribution is 2.25. The van der Waals surface area contributed by atoms with Gasteiger partial charge >= 0.3 is 0 Å². The molecule has 0 aliphatic rings. The molecule has 4 rings (SSSR count). The number of carbonyl (C=O) groups excluding carboxylic acids is 3. The summed E-state index contributed by atoms with van der Waals surface area (Å²) >= 11 is 19.8. The molecule has 4 aromatic carbocycles. The number of carbonyl (C=O) groups is 3. The Kier molecular flexibility index (Phi) is 10.5. The van der Waals surface area contributed by atoms with Gasteiger partial charge in [-0.3, -0.25) is 14.4 Å². The van der Waals surface area contributed by atoms with Crippen molar-refractivity contribution >= 4 is 81.7 Å². The van der Waals surface area contributed by atoms with Crippen molar-refractivity contribution in [3.8, 4) is 0 Å². The molecule has 0 spiro atoms. The van der Waals surface area contributed by atoms with Gasteiger partial charge in [0, 0.05) is 36.9 Å². The highest BCUT2D eigenvalue weighted by Gasteiger charge is 2.16. The number of rotatable bonds is 9. The number of thioether (sulfide) groups is 1. The SMILES string of the molecule is Cc1ccc(NC(=O)CSc2cccc(NC(=O)/C(=C\c3ccc(Cl)cc3Cl)NC(=O)c3ccccc3)c2)cc1Cl. The number of halogens is 3. The summed E-state index contributed by atoms with van der Waals surface area (Å²) < 4.78 is 0. The van der Waals surface area contributed by atoms with Crippen LogP contribution in [-0.4, -0.2) is 23.5 Å². The molecule has 0 saturated carbocycles. The predicted octanol–water partition coefficient (Wildman–Crippen LogP) is 8.10. The zero-order valence-electron chi connectivity index (χ0n) is 21.7.